The van der Waals surface area contributed by atoms with Gasteiger partial charge in [-0.2, -0.15) is 13.2 Å². The van der Waals surface area contributed by atoms with Gasteiger partial charge in [0, 0.05) is 5.56 Å². The van der Waals surface area contributed by atoms with Crippen LogP contribution >= 0.6 is 11.6 Å². The highest BCUT2D eigenvalue weighted by atomic mass is 35.5. The van der Waals surface area contributed by atoms with E-state index in [4.69, 9.17) is 17.3 Å². The van der Waals surface area contributed by atoms with Crippen LogP contribution in [0, 0.1) is 11.8 Å². The Balaban J connectivity index is 3.17. The van der Waals surface area contributed by atoms with Crippen molar-refractivity contribution in [2.45, 2.75) is 6.18 Å². The topological polar surface area (TPSA) is 26.0 Å². The third kappa shape index (κ3) is 3.15. The summed E-state index contributed by atoms with van der Waals surface area (Å²) in [6, 6.07) is 2.99. The van der Waals surface area contributed by atoms with Crippen molar-refractivity contribution < 1.29 is 13.2 Å². The molecule has 0 amide bonds. The minimum atomic E-state index is -4.39. The quantitative estimate of drug-likeness (QED) is 0.685. The highest BCUT2D eigenvalue weighted by Gasteiger charge is 2.30. The maximum absolute atomic E-state index is 12.3. The molecule has 80 valence electrons. The molecule has 0 saturated heterocycles. The number of halogens is 4. The molecule has 1 rings (SSSR count). The molecule has 1 aromatic rings. The smallest absolute Gasteiger partial charge is 0.320 e. The first-order chi connectivity index (χ1) is 6.95. The van der Waals surface area contributed by atoms with Crippen LogP contribution in [-0.2, 0) is 6.18 Å². The van der Waals surface area contributed by atoms with Crippen LogP contribution in [0.4, 0.5) is 13.2 Å². The molecular formula is C10H7ClF3N. The van der Waals surface area contributed by atoms with Crippen molar-refractivity contribution in [1.82, 2.24) is 0 Å². The van der Waals surface area contributed by atoms with Crippen LogP contribution in [0.1, 0.15) is 11.1 Å². The van der Waals surface area contributed by atoms with E-state index in [9.17, 15) is 13.2 Å². The standard InChI is InChI=1S/C10H7ClF3N/c11-9-4-3-8(10(12,13)14)6-7(9)2-1-5-15/h3-4,6H,5,15H2. The molecule has 0 saturated carbocycles. The third-order valence-electron chi connectivity index (χ3n) is 1.62. The Labute approximate surface area is 90.0 Å². The normalized spacial score (nSPS) is 10.7. The van der Waals surface area contributed by atoms with Gasteiger partial charge in [-0.15, -0.1) is 0 Å². The monoisotopic (exact) mass is 233 g/mol. The Morgan fingerprint density at radius 2 is 2.00 bits per heavy atom. The molecule has 1 nitrogen and oxygen atoms in total. The zero-order chi connectivity index (χ0) is 11.5. The SMILES string of the molecule is NCC#Cc1cc(C(F)(F)F)ccc1Cl. The van der Waals surface area contributed by atoms with Gasteiger partial charge >= 0.3 is 6.18 Å². The molecule has 0 heterocycles. The van der Waals surface area contributed by atoms with Crippen LogP contribution in [0.15, 0.2) is 18.2 Å². The summed E-state index contributed by atoms with van der Waals surface area (Å²) in [5, 5.41) is 0.184. The van der Waals surface area contributed by atoms with Gasteiger partial charge in [0.05, 0.1) is 17.1 Å². The zero-order valence-corrected chi connectivity index (χ0v) is 8.28. The van der Waals surface area contributed by atoms with E-state index >= 15 is 0 Å². The Bertz CT molecular complexity index is 415. The van der Waals surface area contributed by atoms with E-state index in [0.717, 1.165) is 12.1 Å². The number of hydrogen-bond acceptors (Lipinski definition) is 1. The predicted octanol–water partition coefficient (Wildman–Crippen LogP) is 2.67. The molecule has 0 unspecified atom stereocenters. The summed E-state index contributed by atoms with van der Waals surface area (Å²) < 4.78 is 36.9. The van der Waals surface area contributed by atoms with Gasteiger partial charge in [-0.1, -0.05) is 23.4 Å². The molecule has 0 aromatic heterocycles. The van der Waals surface area contributed by atoms with Crippen molar-refractivity contribution in [3.8, 4) is 11.8 Å². The lowest BCUT2D eigenvalue weighted by molar-refractivity contribution is -0.137. The summed E-state index contributed by atoms with van der Waals surface area (Å²) in [7, 11) is 0. The maximum atomic E-state index is 12.3. The fourth-order valence-corrected chi connectivity index (χ4v) is 1.11. The Morgan fingerprint density at radius 3 is 2.53 bits per heavy atom. The molecule has 0 aliphatic carbocycles. The lowest BCUT2D eigenvalue weighted by Gasteiger charge is -2.07. The molecule has 5 heteroatoms. The van der Waals surface area contributed by atoms with Gasteiger partial charge < -0.3 is 5.73 Å². The summed E-state index contributed by atoms with van der Waals surface area (Å²) in [5.74, 6) is 4.93. The van der Waals surface area contributed by atoms with E-state index in [1.807, 2.05) is 0 Å². The molecule has 0 aliphatic heterocycles. The average molecular weight is 234 g/mol. The molecule has 0 aliphatic rings. The second-order valence-electron chi connectivity index (χ2n) is 2.70. The van der Waals surface area contributed by atoms with Crippen LogP contribution < -0.4 is 5.73 Å². The summed E-state index contributed by atoms with van der Waals surface area (Å²) in [6.07, 6.45) is -4.39. The van der Waals surface area contributed by atoms with Crippen molar-refractivity contribution in [3.05, 3.63) is 34.3 Å². The van der Waals surface area contributed by atoms with Crippen molar-refractivity contribution in [1.29, 1.82) is 0 Å². The first kappa shape index (κ1) is 11.9. The number of hydrogen-bond donors (Lipinski definition) is 1. The van der Waals surface area contributed by atoms with Gasteiger partial charge in [0.1, 0.15) is 0 Å². The minimum absolute atomic E-state index is 0.0760. The first-order valence-electron chi connectivity index (χ1n) is 4.01. The molecule has 0 radical (unpaired) electrons. The van der Waals surface area contributed by atoms with Crippen molar-refractivity contribution in [3.63, 3.8) is 0 Å². The highest BCUT2D eigenvalue weighted by molar-refractivity contribution is 6.31. The molecule has 0 fully saturated rings. The van der Waals surface area contributed by atoms with Crippen molar-refractivity contribution >= 4 is 11.6 Å². The Kier molecular flexibility index (Phi) is 3.61. The van der Waals surface area contributed by atoms with E-state index in [1.165, 1.54) is 6.07 Å². The van der Waals surface area contributed by atoms with Gasteiger partial charge in [0.15, 0.2) is 0 Å². The molecule has 0 atom stereocenters. The summed E-state index contributed by atoms with van der Waals surface area (Å²) in [5.41, 5.74) is 4.48. The number of alkyl halides is 3. The molecule has 1 aromatic carbocycles. The van der Waals surface area contributed by atoms with Crippen LogP contribution in [0.2, 0.25) is 5.02 Å². The first-order valence-corrected chi connectivity index (χ1v) is 4.38. The van der Waals surface area contributed by atoms with Gasteiger partial charge in [0.2, 0.25) is 0 Å². The Hall–Kier alpha value is -1.18. The maximum Gasteiger partial charge on any atom is 0.416 e. The van der Waals surface area contributed by atoms with Crippen molar-refractivity contribution in [2.75, 3.05) is 6.54 Å². The fourth-order valence-electron chi connectivity index (χ4n) is 0.944. The summed E-state index contributed by atoms with van der Waals surface area (Å²) >= 11 is 5.67. The van der Waals surface area contributed by atoms with Crippen LogP contribution in [0.3, 0.4) is 0 Å². The van der Waals surface area contributed by atoms with E-state index in [0.29, 0.717) is 0 Å². The van der Waals surface area contributed by atoms with E-state index in [1.54, 1.807) is 0 Å². The predicted molar refractivity (Wildman–Crippen MR) is 52.4 cm³/mol. The van der Waals surface area contributed by atoms with Crippen molar-refractivity contribution in [2.24, 2.45) is 5.73 Å². The molecule has 0 bridgehead atoms. The molecular weight excluding hydrogens is 227 g/mol. The van der Waals surface area contributed by atoms with Crippen LogP contribution in [0.5, 0.6) is 0 Å². The molecule has 15 heavy (non-hydrogen) atoms. The number of nitrogens with two attached hydrogens (primary N) is 1. The summed E-state index contributed by atoms with van der Waals surface area (Å²) in [6.45, 7) is 0.0760. The average Bonchev–Trinajstić information content (AvgIpc) is 2.15. The van der Waals surface area contributed by atoms with E-state index in [2.05, 4.69) is 11.8 Å². The number of rotatable bonds is 0. The van der Waals surface area contributed by atoms with Crippen LogP contribution in [-0.4, -0.2) is 6.54 Å². The lowest BCUT2D eigenvalue weighted by atomic mass is 10.1. The highest BCUT2D eigenvalue weighted by Crippen LogP contribution is 2.31. The van der Waals surface area contributed by atoms with E-state index in [-0.39, 0.29) is 17.1 Å². The minimum Gasteiger partial charge on any atom is -0.320 e. The Morgan fingerprint density at radius 1 is 1.33 bits per heavy atom. The molecule has 2 N–H and O–H groups in total. The van der Waals surface area contributed by atoms with Gasteiger partial charge in [-0.05, 0) is 18.2 Å². The van der Waals surface area contributed by atoms with Gasteiger partial charge in [-0.25, -0.2) is 0 Å². The third-order valence-corrected chi connectivity index (χ3v) is 1.95. The number of benzene rings is 1. The second-order valence-corrected chi connectivity index (χ2v) is 3.11. The summed E-state index contributed by atoms with van der Waals surface area (Å²) in [4.78, 5) is 0. The van der Waals surface area contributed by atoms with Crippen LogP contribution in [0.25, 0.3) is 0 Å². The lowest BCUT2D eigenvalue weighted by Crippen LogP contribution is -2.05. The zero-order valence-electron chi connectivity index (χ0n) is 7.53. The second kappa shape index (κ2) is 4.56. The molecule has 0 spiro atoms. The van der Waals surface area contributed by atoms with Gasteiger partial charge in [-0.3, -0.25) is 0 Å². The fraction of sp³-hybridized carbons (Fsp3) is 0.200. The van der Waals surface area contributed by atoms with Gasteiger partial charge in [0.25, 0.3) is 0 Å². The van der Waals surface area contributed by atoms with E-state index < -0.39 is 11.7 Å². The largest absolute Gasteiger partial charge is 0.416 e.